The zero-order valence-electron chi connectivity index (χ0n) is 16.1. The summed E-state index contributed by atoms with van der Waals surface area (Å²) in [5, 5.41) is 2.82. The van der Waals surface area contributed by atoms with E-state index in [1.54, 1.807) is 25.1 Å². The van der Waals surface area contributed by atoms with Crippen LogP contribution in [0.15, 0.2) is 34.2 Å². The largest absolute Gasteiger partial charge is 0.350 e. The highest BCUT2D eigenvalue weighted by atomic mass is 32.2. The summed E-state index contributed by atoms with van der Waals surface area (Å²) in [6.45, 7) is 7.94. The predicted molar refractivity (Wildman–Crippen MR) is 103 cm³/mol. The number of rotatable bonds is 6. The van der Waals surface area contributed by atoms with Gasteiger partial charge in [0.05, 0.1) is 18.0 Å². The lowest BCUT2D eigenvalue weighted by Gasteiger charge is -2.25. The molecule has 2 amide bonds. The second-order valence-electron chi connectivity index (χ2n) is 7.29. The number of amides is 2. The minimum Gasteiger partial charge on any atom is -0.350 e. The topological polar surface area (TPSA) is 108 Å². The van der Waals surface area contributed by atoms with E-state index in [1.165, 1.54) is 11.0 Å². The third kappa shape index (κ3) is 5.53. The molecule has 1 aromatic rings. The van der Waals surface area contributed by atoms with Crippen LogP contribution in [0.2, 0.25) is 0 Å². The first-order valence-corrected chi connectivity index (χ1v) is 10.3. The molecular formula is C18H26N4O4S. The van der Waals surface area contributed by atoms with Crippen molar-refractivity contribution in [2.75, 3.05) is 19.6 Å². The molecule has 0 unspecified atom stereocenters. The Morgan fingerprint density at radius 2 is 1.89 bits per heavy atom. The number of sulfonamides is 1. The molecule has 1 aliphatic rings. The van der Waals surface area contributed by atoms with Crippen molar-refractivity contribution in [3.05, 3.63) is 29.8 Å². The van der Waals surface area contributed by atoms with Gasteiger partial charge in [-0.05, 0) is 39.8 Å². The summed E-state index contributed by atoms with van der Waals surface area (Å²) in [6, 6.07) is 6.56. The number of carbonyl (C=O) groups excluding carboxylic acids is 2. The minimum absolute atomic E-state index is 0.0152. The van der Waals surface area contributed by atoms with Gasteiger partial charge in [0.1, 0.15) is 5.84 Å². The quantitative estimate of drug-likeness (QED) is 0.746. The van der Waals surface area contributed by atoms with Crippen molar-refractivity contribution in [2.45, 2.75) is 44.6 Å². The zero-order chi connectivity index (χ0) is 20.2. The molecule has 0 fully saturated rings. The second-order valence-corrected chi connectivity index (χ2v) is 8.94. The summed E-state index contributed by atoms with van der Waals surface area (Å²) in [6.07, 6.45) is 0.0873. The highest BCUT2D eigenvalue weighted by Crippen LogP contribution is 2.22. The molecule has 0 saturated carbocycles. The molecule has 9 heteroatoms. The molecule has 1 aromatic carbocycles. The summed E-state index contributed by atoms with van der Waals surface area (Å²) >= 11 is 0. The Kier molecular flexibility index (Phi) is 6.25. The molecule has 0 spiro atoms. The Morgan fingerprint density at radius 3 is 2.52 bits per heavy atom. The molecular weight excluding hydrogens is 368 g/mol. The van der Waals surface area contributed by atoms with Crippen LogP contribution in [0.25, 0.3) is 0 Å². The standard InChI is InChI=1S/C18H26N4O4S/c1-5-22(12-15(23)20-18(2,3)4)16(24)10-11-19-17-13-8-6-7-9-14(13)27(25,26)21-17/h6-9H,5,10-12H2,1-4H3,(H,19,21)(H,20,23). The average molecular weight is 394 g/mol. The van der Waals surface area contributed by atoms with Crippen LogP contribution in [-0.2, 0) is 19.6 Å². The fourth-order valence-electron chi connectivity index (χ4n) is 2.68. The number of hydrogen-bond donors (Lipinski definition) is 2. The molecule has 8 nitrogen and oxygen atoms in total. The minimum atomic E-state index is -3.59. The van der Waals surface area contributed by atoms with E-state index >= 15 is 0 Å². The summed E-state index contributed by atoms with van der Waals surface area (Å²) < 4.78 is 26.5. The number of nitrogens with one attached hydrogen (secondary N) is 2. The first-order chi connectivity index (χ1) is 12.5. The summed E-state index contributed by atoms with van der Waals surface area (Å²) in [5.41, 5.74) is 0.139. The first kappa shape index (κ1) is 20.9. The van der Waals surface area contributed by atoms with Gasteiger partial charge in [-0.15, -0.1) is 0 Å². The Bertz CT molecular complexity index is 856. The number of carbonyl (C=O) groups is 2. The fourth-order valence-corrected chi connectivity index (χ4v) is 3.93. The van der Waals surface area contributed by atoms with Crippen LogP contribution >= 0.6 is 0 Å². The highest BCUT2D eigenvalue weighted by molar-refractivity contribution is 7.90. The lowest BCUT2D eigenvalue weighted by molar-refractivity contribution is -0.136. The van der Waals surface area contributed by atoms with Crippen molar-refractivity contribution in [2.24, 2.45) is 4.99 Å². The van der Waals surface area contributed by atoms with Gasteiger partial charge in [-0.2, -0.15) is 0 Å². The maximum Gasteiger partial charge on any atom is 0.263 e. The van der Waals surface area contributed by atoms with Gasteiger partial charge in [-0.25, -0.2) is 8.42 Å². The summed E-state index contributed by atoms with van der Waals surface area (Å²) in [7, 11) is -3.59. The van der Waals surface area contributed by atoms with Crippen molar-refractivity contribution >= 4 is 27.7 Å². The van der Waals surface area contributed by atoms with Gasteiger partial charge >= 0.3 is 0 Å². The Hall–Kier alpha value is -2.42. The predicted octanol–water partition coefficient (Wildman–Crippen LogP) is 0.878. The number of hydrogen-bond acceptors (Lipinski definition) is 5. The normalized spacial score (nSPS) is 16.5. The van der Waals surface area contributed by atoms with Gasteiger partial charge < -0.3 is 10.2 Å². The van der Waals surface area contributed by atoms with Gasteiger partial charge in [0.2, 0.25) is 11.8 Å². The van der Waals surface area contributed by atoms with Crippen molar-refractivity contribution in [1.82, 2.24) is 14.9 Å². The Labute approximate surface area is 160 Å². The Morgan fingerprint density at radius 1 is 1.22 bits per heavy atom. The number of likely N-dealkylation sites (N-methyl/N-ethyl adjacent to an activating group) is 1. The summed E-state index contributed by atoms with van der Waals surface area (Å²) in [5.74, 6) is -0.187. The third-order valence-electron chi connectivity index (χ3n) is 3.84. The maximum absolute atomic E-state index is 12.4. The van der Waals surface area contributed by atoms with Gasteiger partial charge in [-0.3, -0.25) is 19.3 Å². The molecule has 148 valence electrons. The number of nitrogens with zero attached hydrogens (tertiary/aromatic N) is 2. The van der Waals surface area contributed by atoms with Gasteiger partial charge in [0, 0.05) is 24.1 Å². The molecule has 0 radical (unpaired) electrons. The molecule has 2 N–H and O–H groups in total. The van der Waals surface area contributed by atoms with E-state index in [2.05, 4.69) is 15.0 Å². The molecule has 2 rings (SSSR count). The van der Waals surface area contributed by atoms with Crippen molar-refractivity contribution in [3.63, 3.8) is 0 Å². The number of fused-ring (bicyclic) bond motifs is 1. The van der Waals surface area contributed by atoms with Crippen LogP contribution in [0.4, 0.5) is 0 Å². The van der Waals surface area contributed by atoms with E-state index in [4.69, 9.17) is 0 Å². The van der Waals surface area contributed by atoms with E-state index in [9.17, 15) is 18.0 Å². The SMILES string of the molecule is CCN(CC(=O)NC(C)(C)C)C(=O)CCN=C1NS(=O)(=O)c2ccccc21. The van der Waals surface area contributed by atoms with Gasteiger partial charge in [-0.1, -0.05) is 12.1 Å². The van der Waals surface area contributed by atoms with Crippen molar-refractivity contribution in [3.8, 4) is 0 Å². The van der Waals surface area contributed by atoms with Gasteiger partial charge in [0.25, 0.3) is 10.0 Å². The first-order valence-electron chi connectivity index (χ1n) is 8.79. The van der Waals surface area contributed by atoms with Crippen molar-refractivity contribution < 1.29 is 18.0 Å². The van der Waals surface area contributed by atoms with E-state index < -0.39 is 10.0 Å². The highest BCUT2D eigenvalue weighted by Gasteiger charge is 2.30. The van der Waals surface area contributed by atoms with Crippen LogP contribution in [0.1, 0.15) is 39.7 Å². The average Bonchev–Trinajstić information content (AvgIpc) is 2.82. The van der Waals surface area contributed by atoms with Crippen molar-refractivity contribution in [1.29, 1.82) is 0 Å². The molecule has 0 saturated heterocycles. The third-order valence-corrected chi connectivity index (χ3v) is 5.24. The van der Waals surface area contributed by atoms with E-state index in [1.807, 2.05) is 20.8 Å². The van der Waals surface area contributed by atoms with Crippen LogP contribution in [0.3, 0.4) is 0 Å². The monoisotopic (exact) mass is 394 g/mol. The van der Waals surface area contributed by atoms with E-state index in [0.29, 0.717) is 12.1 Å². The van der Waals surface area contributed by atoms with Crippen LogP contribution < -0.4 is 10.0 Å². The lowest BCUT2D eigenvalue weighted by atomic mass is 10.1. The van der Waals surface area contributed by atoms with E-state index in [0.717, 1.165) is 0 Å². The number of benzene rings is 1. The van der Waals surface area contributed by atoms with Crippen LogP contribution in [0.5, 0.6) is 0 Å². The number of aliphatic imine (C=N–C) groups is 1. The maximum atomic E-state index is 12.4. The van der Waals surface area contributed by atoms with E-state index in [-0.39, 0.29) is 47.6 Å². The molecule has 1 aliphatic heterocycles. The molecule has 0 aliphatic carbocycles. The summed E-state index contributed by atoms with van der Waals surface area (Å²) in [4.78, 5) is 30.2. The van der Waals surface area contributed by atoms with Gasteiger partial charge in [0.15, 0.2) is 0 Å². The lowest BCUT2D eigenvalue weighted by Crippen LogP contribution is -2.47. The van der Waals surface area contributed by atoms with Crippen LogP contribution in [0, 0.1) is 0 Å². The molecule has 1 heterocycles. The molecule has 27 heavy (non-hydrogen) atoms. The zero-order valence-corrected chi connectivity index (χ0v) is 16.9. The fraction of sp³-hybridized carbons (Fsp3) is 0.500. The molecule has 0 bridgehead atoms. The van der Waals surface area contributed by atoms with Crippen LogP contribution in [-0.4, -0.2) is 56.1 Å². The molecule has 0 aromatic heterocycles. The number of amidine groups is 1. The smallest absolute Gasteiger partial charge is 0.263 e. The Balaban J connectivity index is 1.97. The second kappa shape index (κ2) is 8.08. The molecule has 0 atom stereocenters.